The van der Waals surface area contributed by atoms with Gasteiger partial charge in [0.1, 0.15) is 0 Å². The van der Waals surface area contributed by atoms with Crippen LogP contribution in [0.4, 0.5) is 11.4 Å². The molecule has 4 N–H and O–H groups in total. The summed E-state index contributed by atoms with van der Waals surface area (Å²) in [6.45, 7) is 3.86. The first-order valence-corrected chi connectivity index (χ1v) is 8.59. The number of anilines is 2. The highest BCUT2D eigenvalue weighted by Gasteiger charge is 2.24. The SMILES string of the molecule is Cc1c(N(C)C2CCN(C)CC2)cc(N)cc1S(N)(=O)=O. The van der Waals surface area contributed by atoms with Crippen LogP contribution in [0.3, 0.4) is 0 Å². The lowest BCUT2D eigenvalue weighted by molar-refractivity contribution is 0.253. The lowest BCUT2D eigenvalue weighted by Gasteiger charge is -2.37. The molecule has 0 unspecified atom stereocenters. The van der Waals surface area contributed by atoms with Crippen molar-refractivity contribution in [3.05, 3.63) is 17.7 Å². The van der Waals surface area contributed by atoms with E-state index >= 15 is 0 Å². The molecule has 0 aliphatic carbocycles. The maximum atomic E-state index is 11.7. The number of likely N-dealkylation sites (tertiary alicyclic amines) is 1. The van der Waals surface area contributed by atoms with E-state index in [0.717, 1.165) is 31.6 Å². The largest absolute Gasteiger partial charge is 0.399 e. The summed E-state index contributed by atoms with van der Waals surface area (Å²) in [5.41, 5.74) is 7.78. The first-order valence-electron chi connectivity index (χ1n) is 7.04. The summed E-state index contributed by atoms with van der Waals surface area (Å²) in [7, 11) is 0.337. The molecule has 0 atom stereocenters. The van der Waals surface area contributed by atoms with E-state index in [4.69, 9.17) is 10.9 Å². The number of nitrogens with two attached hydrogens (primary N) is 2. The average Bonchev–Trinajstić information content (AvgIpc) is 2.40. The van der Waals surface area contributed by atoms with E-state index in [1.165, 1.54) is 6.07 Å². The number of rotatable bonds is 3. The summed E-state index contributed by atoms with van der Waals surface area (Å²) < 4.78 is 23.4. The third-order valence-corrected chi connectivity index (χ3v) is 5.31. The molecule has 1 aromatic rings. The van der Waals surface area contributed by atoms with Gasteiger partial charge in [0, 0.05) is 24.5 Å². The van der Waals surface area contributed by atoms with Crippen molar-refractivity contribution >= 4 is 21.4 Å². The molecule has 1 heterocycles. The zero-order valence-electron chi connectivity index (χ0n) is 12.8. The zero-order chi connectivity index (χ0) is 15.8. The number of nitrogens with zero attached hydrogens (tertiary/aromatic N) is 2. The van der Waals surface area contributed by atoms with Gasteiger partial charge in [0.25, 0.3) is 0 Å². The molecule has 2 rings (SSSR count). The van der Waals surface area contributed by atoms with Gasteiger partial charge < -0.3 is 15.5 Å². The lowest BCUT2D eigenvalue weighted by Crippen LogP contribution is -2.42. The molecule has 1 aliphatic rings. The molecule has 118 valence electrons. The summed E-state index contributed by atoms with van der Waals surface area (Å²) in [5, 5.41) is 5.28. The molecule has 1 aliphatic heterocycles. The Labute approximate surface area is 126 Å². The summed E-state index contributed by atoms with van der Waals surface area (Å²) in [4.78, 5) is 4.54. The Hall–Kier alpha value is -1.31. The van der Waals surface area contributed by atoms with Crippen molar-refractivity contribution in [3.8, 4) is 0 Å². The normalized spacial score (nSPS) is 17.9. The van der Waals surface area contributed by atoms with E-state index in [2.05, 4.69) is 16.8 Å². The maximum Gasteiger partial charge on any atom is 0.238 e. The highest BCUT2D eigenvalue weighted by atomic mass is 32.2. The van der Waals surface area contributed by atoms with Crippen molar-refractivity contribution in [3.63, 3.8) is 0 Å². The van der Waals surface area contributed by atoms with Gasteiger partial charge in [0.15, 0.2) is 0 Å². The van der Waals surface area contributed by atoms with Gasteiger partial charge in [0.05, 0.1) is 4.90 Å². The van der Waals surface area contributed by atoms with Crippen molar-refractivity contribution in [2.75, 3.05) is 37.8 Å². The predicted octanol–water partition coefficient (Wildman–Crippen LogP) is 0.755. The standard InChI is InChI=1S/C14H24N4O2S/c1-10-13(8-11(15)9-14(10)21(16,19)20)18(3)12-4-6-17(2)7-5-12/h8-9,12H,4-7,15H2,1-3H3,(H2,16,19,20). The van der Waals surface area contributed by atoms with Crippen molar-refractivity contribution < 1.29 is 8.42 Å². The van der Waals surface area contributed by atoms with Crippen LogP contribution in [0.25, 0.3) is 0 Å². The summed E-state index contributed by atoms with van der Waals surface area (Å²) >= 11 is 0. The average molecular weight is 312 g/mol. The minimum absolute atomic E-state index is 0.109. The second kappa shape index (κ2) is 5.82. The third kappa shape index (κ3) is 3.48. The Morgan fingerprint density at radius 2 is 1.86 bits per heavy atom. The summed E-state index contributed by atoms with van der Waals surface area (Å²) in [6.07, 6.45) is 2.10. The second-order valence-electron chi connectivity index (χ2n) is 5.85. The number of hydrogen-bond acceptors (Lipinski definition) is 5. The molecule has 6 nitrogen and oxygen atoms in total. The van der Waals surface area contributed by atoms with Crippen LogP contribution in [0, 0.1) is 6.92 Å². The number of hydrogen-bond donors (Lipinski definition) is 2. The molecular weight excluding hydrogens is 288 g/mol. The van der Waals surface area contributed by atoms with Gasteiger partial charge in [-0.25, -0.2) is 13.6 Å². The number of piperidine rings is 1. The van der Waals surface area contributed by atoms with Crippen LogP contribution in [0.1, 0.15) is 18.4 Å². The van der Waals surface area contributed by atoms with Crippen molar-refractivity contribution in [2.45, 2.75) is 30.7 Å². The van der Waals surface area contributed by atoms with E-state index in [9.17, 15) is 8.42 Å². The molecule has 0 bridgehead atoms. The van der Waals surface area contributed by atoms with Gasteiger partial charge in [-0.05, 0) is 57.6 Å². The van der Waals surface area contributed by atoms with Crippen molar-refractivity contribution in [1.29, 1.82) is 0 Å². The molecular formula is C14H24N4O2S. The van der Waals surface area contributed by atoms with Crippen LogP contribution in [0.15, 0.2) is 17.0 Å². The lowest BCUT2D eigenvalue weighted by atomic mass is 10.0. The van der Waals surface area contributed by atoms with Crippen LogP contribution in [-0.4, -0.2) is 46.5 Å². The Morgan fingerprint density at radius 1 is 1.29 bits per heavy atom. The van der Waals surface area contributed by atoms with E-state index in [1.807, 2.05) is 13.1 Å². The van der Waals surface area contributed by atoms with Crippen LogP contribution in [-0.2, 0) is 10.0 Å². The van der Waals surface area contributed by atoms with Gasteiger partial charge in [-0.1, -0.05) is 0 Å². The smallest absolute Gasteiger partial charge is 0.238 e. The molecule has 0 spiro atoms. The monoisotopic (exact) mass is 312 g/mol. The molecule has 1 saturated heterocycles. The zero-order valence-corrected chi connectivity index (χ0v) is 13.7. The minimum Gasteiger partial charge on any atom is -0.399 e. The third-order valence-electron chi connectivity index (χ3n) is 4.28. The Kier molecular flexibility index (Phi) is 4.46. The Balaban J connectivity index is 2.37. The van der Waals surface area contributed by atoms with E-state index < -0.39 is 10.0 Å². The highest BCUT2D eigenvalue weighted by molar-refractivity contribution is 7.89. The molecule has 0 aromatic heterocycles. The molecule has 7 heteroatoms. The Morgan fingerprint density at radius 3 is 2.38 bits per heavy atom. The maximum absolute atomic E-state index is 11.7. The highest BCUT2D eigenvalue weighted by Crippen LogP contribution is 2.31. The fourth-order valence-electron chi connectivity index (χ4n) is 2.93. The molecule has 0 radical (unpaired) electrons. The quantitative estimate of drug-likeness (QED) is 0.804. The topological polar surface area (TPSA) is 92.7 Å². The summed E-state index contributed by atoms with van der Waals surface area (Å²) in [6, 6.07) is 3.63. The van der Waals surface area contributed by atoms with Gasteiger partial charge in [-0.15, -0.1) is 0 Å². The van der Waals surface area contributed by atoms with E-state index in [0.29, 0.717) is 17.3 Å². The minimum atomic E-state index is -3.77. The number of benzene rings is 1. The van der Waals surface area contributed by atoms with Gasteiger partial charge in [0.2, 0.25) is 10.0 Å². The molecule has 1 aromatic carbocycles. The van der Waals surface area contributed by atoms with Gasteiger partial charge >= 0.3 is 0 Å². The Bertz CT molecular complexity index is 622. The first kappa shape index (κ1) is 16.1. The van der Waals surface area contributed by atoms with E-state index in [1.54, 1.807) is 6.92 Å². The first-order chi connectivity index (χ1) is 9.70. The number of primary sulfonamides is 1. The number of sulfonamides is 1. The molecule has 1 fully saturated rings. The van der Waals surface area contributed by atoms with Crippen LogP contribution < -0.4 is 15.8 Å². The molecule has 21 heavy (non-hydrogen) atoms. The van der Waals surface area contributed by atoms with Crippen molar-refractivity contribution in [1.82, 2.24) is 4.90 Å². The van der Waals surface area contributed by atoms with Crippen LogP contribution in [0.2, 0.25) is 0 Å². The van der Waals surface area contributed by atoms with E-state index in [-0.39, 0.29) is 4.90 Å². The van der Waals surface area contributed by atoms with Crippen molar-refractivity contribution in [2.24, 2.45) is 5.14 Å². The summed E-state index contributed by atoms with van der Waals surface area (Å²) in [5.74, 6) is 0. The van der Waals surface area contributed by atoms with Crippen LogP contribution in [0.5, 0.6) is 0 Å². The van der Waals surface area contributed by atoms with Gasteiger partial charge in [-0.2, -0.15) is 0 Å². The number of nitrogen functional groups attached to an aromatic ring is 1. The molecule has 0 saturated carbocycles. The predicted molar refractivity (Wildman–Crippen MR) is 85.9 cm³/mol. The molecule has 0 amide bonds. The fraction of sp³-hybridized carbons (Fsp3) is 0.571. The van der Waals surface area contributed by atoms with Gasteiger partial charge in [-0.3, -0.25) is 0 Å². The fourth-order valence-corrected chi connectivity index (χ4v) is 3.77. The van der Waals surface area contributed by atoms with Crippen LogP contribution >= 0.6 is 0 Å². The second-order valence-corrected chi connectivity index (χ2v) is 7.38.